The van der Waals surface area contributed by atoms with Crippen LogP contribution in [0.5, 0.6) is 0 Å². The van der Waals surface area contributed by atoms with Crippen molar-refractivity contribution in [2.24, 2.45) is 5.92 Å². The number of benzene rings is 1. The molecule has 2 unspecified atom stereocenters. The smallest absolute Gasteiger partial charge is 0.303 e. The number of nitro benzene ring substituents is 1. The molecule has 2 N–H and O–H groups in total. The van der Waals surface area contributed by atoms with Crippen molar-refractivity contribution in [3.05, 3.63) is 39.9 Å². The highest BCUT2D eigenvalue weighted by Crippen LogP contribution is 2.19. The lowest BCUT2D eigenvalue weighted by Gasteiger charge is -2.16. The highest BCUT2D eigenvalue weighted by Gasteiger charge is 2.16. The molecule has 0 saturated carbocycles. The molecule has 21 heavy (non-hydrogen) atoms. The number of carboxylic acid groups (broad SMARTS) is 1. The van der Waals surface area contributed by atoms with Gasteiger partial charge in [-0.3, -0.25) is 19.7 Å². The summed E-state index contributed by atoms with van der Waals surface area (Å²) in [6.45, 7) is 3.41. The minimum atomic E-state index is -0.943. The Morgan fingerprint density at radius 2 is 2.00 bits per heavy atom. The van der Waals surface area contributed by atoms with Gasteiger partial charge in [0.05, 0.1) is 11.0 Å². The lowest BCUT2D eigenvalue weighted by molar-refractivity contribution is -0.384. The molecule has 0 radical (unpaired) electrons. The Balaban J connectivity index is 2.62. The minimum Gasteiger partial charge on any atom is -0.481 e. The summed E-state index contributed by atoms with van der Waals surface area (Å²) in [6.07, 6.45) is 0.0319. The third-order valence-corrected chi connectivity index (χ3v) is 3.02. The second kappa shape index (κ2) is 7.37. The number of carbonyl (C=O) groups is 2. The van der Waals surface area contributed by atoms with E-state index < -0.39 is 10.9 Å². The van der Waals surface area contributed by atoms with Crippen molar-refractivity contribution in [1.29, 1.82) is 0 Å². The van der Waals surface area contributed by atoms with Crippen LogP contribution in [0.1, 0.15) is 38.3 Å². The third kappa shape index (κ3) is 5.60. The number of nitro groups is 1. The molecule has 0 aromatic heterocycles. The number of amides is 1. The zero-order chi connectivity index (χ0) is 16.0. The van der Waals surface area contributed by atoms with E-state index >= 15 is 0 Å². The van der Waals surface area contributed by atoms with Crippen LogP contribution in [-0.2, 0) is 9.59 Å². The predicted octanol–water partition coefficient (Wildman–Crippen LogP) is 2.27. The van der Waals surface area contributed by atoms with Crippen LogP contribution in [0.15, 0.2) is 24.3 Å². The molecule has 0 saturated heterocycles. The van der Waals surface area contributed by atoms with E-state index in [1.807, 2.05) is 0 Å². The van der Waals surface area contributed by atoms with Crippen LogP contribution in [-0.4, -0.2) is 21.9 Å². The van der Waals surface area contributed by atoms with Gasteiger partial charge >= 0.3 is 5.97 Å². The quantitative estimate of drug-likeness (QED) is 0.592. The van der Waals surface area contributed by atoms with Crippen molar-refractivity contribution >= 4 is 17.6 Å². The fourth-order valence-corrected chi connectivity index (χ4v) is 1.98. The average molecular weight is 294 g/mol. The molecule has 0 spiro atoms. The van der Waals surface area contributed by atoms with Gasteiger partial charge in [-0.2, -0.15) is 0 Å². The Labute approximate surface area is 122 Å². The topological polar surface area (TPSA) is 110 Å². The largest absolute Gasteiger partial charge is 0.481 e. The maximum Gasteiger partial charge on any atom is 0.303 e. The van der Waals surface area contributed by atoms with E-state index in [-0.39, 0.29) is 36.4 Å². The van der Waals surface area contributed by atoms with Crippen molar-refractivity contribution in [2.75, 3.05) is 0 Å². The fraction of sp³-hybridized carbons (Fsp3) is 0.429. The second-order valence-corrected chi connectivity index (χ2v) is 5.05. The molecule has 2 atom stereocenters. The molecule has 0 aliphatic rings. The van der Waals surface area contributed by atoms with Gasteiger partial charge in [-0.15, -0.1) is 0 Å². The number of non-ortho nitro benzene ring substituents is 1. The van der Waals surface area contributed by atoms with E-state index in [1.165, 1.54) is 12.1 Å². The van der Waals surface area contributed by atoms with Crippen molar-refractivity contribution < 1.29 is 19.6 Å². The van der Waals surface area contributed by atoms with E-state index in [1.54, 1.807) is 26.0 Å². The van der Waals surface area contributed by atoms with Gasteiger partial charge < -0.3 is 10.4 Å². The van der Waals surface area contributed by atoms with Crippen molar-refractivity contribution in [3.63, 3.8) is 0 Å². The van der Waals surface area contributed by atoms with Crippen LogP contribution >= 0.6 is 0 Å². The lowest BCUT2D eigenvalue weighted by Crippen LogP contribution is -2.28. The predicted molar refractivity (Wildman–Crippen MR) is 75.7 cm³/mol. The molecule has 7 heteroatoms. The van der Waals surface area contributed by atoms with Gasteiger partial charge in [-0.25, -0.2) is 0 Å². The van der Waals surface area contributed by atoms with Gasteiger partial charge in [0.25, 0.3) is 5.69 Å². The molecular weight excluding hydrogens is 276 g/mol. The minimum absolute atomic E-state index is 0.0344. The van der Waals surface area contributed by atoms with Gasteiger partial charge in [0.15, 0.2) is 0 Å². The van der Waals surface area contributed by atoms with E-state index in [0.29, 0.717) is 5.56 Å². The van der Waals surface area contributed by atoms with Crippen LogP contribution in [0.2, 0.25) is 0 Å². The maximum absolute atomic E-state index is 11.8. The molecule has 1 aromatic carbocycles. The van der Waals surface area contributed by atoms with Gasteiger partial charge in [0.2, 0.25) is 5.91 Å². The number of nitrogens with zero attached hydrogens (tertiary/aromatic N) is 1. The maximum atomic E-state index is 11.8. The summed E-state index contributed by atoms with van der Waals surface area (Å²) in [5, 5.41) is 22.1. The SMILES string of the molecule is CC(CC(=O)O)CC(=O)NC(C)c1cccc([N+](=O)[O-])c1. The Bertz CT molecular complexity index is 544. The molecule has 1 rings (SSSR count). The monoisotopic (exact) mass is 294 g/mol. The molecule has 0 aliphatic heterocycles. The Kier molecular flexibility index (Phi) is 5.83. The summed E-state index contributed by atoms with van der Waals surface area (Å²) >= 11 is 0. The van der Waals surface area contributed by atoms with Crippen LogP contribution < -0.4 is 5.32 Å². The summed E-state index contributed by atoms with van der Waals surface area (Å²) in [6, 6.07) is 5.66. The highest BCUT2D eigenvalue weighted by molar-refractivity contribution is 5.77. The first kappa shape index (κ1) is 16.6. The van der Waals surface area contributed by atoms with E-state index in [4.69, 9.17) is 5.11 Å². The van der Waals surface area contributed by atoms with Gasteiger partial charge in [0.1, 0.15) is 0 Å². The average Bonchev–Trinajstić information content (AvgIpc) is 2.37. The van der Waals surface area contributed by atoms with E-state index in [2.05, 4.69) is 5.32 Å². The summed E-state index contributed by atoms with van der Waals surface area (Å²) in [4.78, 5) is 32.6. The molecule has 1 aromatic rings. The van der Waals surface area contributed by atoms with Crippen LogP contribution in [0, 0.1) is 16.0 Å². The Morgan fingerprint density at radius 3 is 2.57 bits per heavy atom. The zero-order valence-electron chi connectivity index (χ0n) is 11.9. The Hall–Kier alpha value is -2.44. The molecule has 1 amide bonds. The third-order valence-electron chi connectivity index (χ3n) is 3.02. The fourth-order valence-electron chi connectivity index (χ4n) is 1.98. The number of hydrogen-bond acceptors (Lipinski definition) is 4. The molecule has 0 fully saturated rings. The second-order valence-electron chi connectivity index (χ2n) is 5.05. The molecule has 0 heterocycles. The molecule has 0 bridgehead atoms. The first-order valence-corrected chi connectivity index (χ1v) is 6.55. The number of aliphatic carboxylic acids is 1. The van der Waals surface area contributed by atoms with Crippen molar-refractivity contribution in [1.82, 2.24) is 5.32 Å². The number of nitrogens with one attached hydrogen (secondary N) is 1. The van der Waals surface area contributed by atoms with Gasteiger partial charge in [-0.1, -0.05) is 19.1 Å². The summed E-state index contributed by atoms with van der Waals surface area (Å²) in [7, 11) is 0. The first-order valence-electron chi connectivity index (χ1n) is 6.55. The summed E-state index contributed by atoms with van der Waals surface area (Å²) in [5.41, 5.74) is 0.594. The summed E-state index contributed by atoms with van der Waals surface area (Å²) in [5.74, 6) is -1.48. The number of carbonyl (C=O) groups excluding carboxylic acids is 1. The summed E-state index contributed by atoms with van der Waals surface area (Å²) < 4.78 is 0. The number of hydrogen-bond donors (Lipinski definition) is 2. The number of carboxylic acids is 1. The van der Waals surface area contributed by atoms with Crippen LogP contribution in [0.4, 0.5) is 5.69 Å². The molecule has 0 aliphatic carbocycles. The first-order chi connectivity index (χ1) is 9.79. The zero-order valence-corrected chi connectivity index (χ0v) is 11.9. The lowest BCUT2D eigenvalue weighted by atomic mass is 10.0. The Morgan fingerprint density at radius 1 is 1.33 bits per heavy atom. The standard InChI is InChI=1S/C14H18N2O5/c1-9(7-14(18)19)6-13(17)15-10(2)11-4-3-5-12(8-11)16(20)21/h3-5,8-10H,6-7H2,1-2H3,(H,15,17)(H,18,19). The van der Waals surface area contributed by atoms with Gasteiger partial charge in [0, 0.05) is 25.0 Å². The van der Waals surface area contributed by atoms with Crippen molar-refractivity contribution in [3.8, 4) is 0 Å². The molecule has 114 valence electrons. The van der Waals surface area contributed by atoms with Gasteiger partial charge in [-0.05, 0) is 18.4 Å². The van der Waals surface area contributed by atoms with Crippen LogP contribution in [0.3, 0.4) is 0 Å². The van der Waals surface area contributed by atoms with E-state index in [9.17, 15) is 19.7 Å². The van der Waals surface area contributed by atoms with Crippen LogP contribution in [0.25, 0.3) is 0 Å². The van der Waals surface area contributed by atoms with E-state index in [0.717, 1.165) is 0 Å². The normalized spacial score (nSPS) is 13.2. The number of rotatable bonds is 7. The van der Waals surface area contributed by atoms with Crippen molar-refractivity contribution in [2.45, 2.75) is 32.7 Å². The molecule has 7 nitrogen and oxygen atoms in total. The highest BCUT2D eigenvalue weighted by atomic mass is 16.6. The molecular formula is C14H18N2O5.